The fourth-order valence-corrected chi connectivity index (χ4v) is 3.23. The smallest absolute Gasteiger partial charge is 0.227 e. The van der Waals surface area contributed by atoms with E-state index in [1.807, 2.05) is 29.2 Å². The Morgan fingerprint density at radius 1 is 1.19 bits per heavy atom. The first-order valence-electron chi connectivity index (χ1n) is 8.93. The number of likely N-dealkylation sites (tertiary alicyclic amines) is 1. The normalized spacial score (nSPS) is 17.0. The molecular formula is C21H24FNO3. The van der Waals surface area contributed by atoms with Crippen LogP contribution in [0.5, 0.6) is 11.5 Å². The zero-order valence-electron chi connectivity index (χ0n) is 15.0. The molecule has 0 bridgehead atoms. The van der Waals surface area contributed by atoms with Gasteiger partial charge in [-0.2, -0.15) is 0 Å². The Morgan fingerprint density at radius 2 is 1.96 bits per heavy atom. The lowest BCUT2D eigenvalue weighted by molar-refractivity contribution is -0.132. The quantitative estimate of drug-likeness (QED) is 0.791. The van der Waals surface area contributed by atoms with Crippen LogP contribution in [0.3, 0.4) is 0 Å². The minimum absolute atomic E-state index is 0.116. The van der Waals surface area contributed by atoms with Crippen molar-refractivity contribution >= 4 is 5.91 Å². The maximum Gasteiger partial charge on any atom is 0.227 e. The second kappa shape index (κ2) is 8.70. The van der Waals surface area contributed by atoms with E-state index >= 15 is 0 Å². The summed E-state index contributed by atoms with van der Waals surface area (Å²) in [4.78, 5) is 14.5. The minimum Gasteiger partial charge on any atom is -0.497 e. The summed E-state index contributed by atoms with van der Waals surface area (Å²) in [6.07, 6.45) is 2.31. The predicted molar refractivity (Wildman–Crippen MR) is 97.9 cm³/mol. The largest absolute Gasteiger partial charge is 0.497 e. The lowest BCUT2D eigenvalue weighted by atomic mass is 9.98. The van der Waals surface area contributed by atoms with Crippen LogP contribution in [0.4, 0.5) is 4.39 Å². The molecule has 2 aromatic rings. The Bertz CT molecular complexity index is 732. The van der Waals surface area contributed by atoms with Gasteiger partial charge in [0.15, 0.2) is 11.6 Å². The molecule has 0 N–H and O–H groups in total. The van der Waals surface area contributed by atoms with Crippen LogP contribution in [-0.4, -0.2) is 37.6 Å². The number of para-hydroxylation sites is 1. The Morgan fingerprint density at radius 3 is 2.69 bits per heavy atom. The Balaban J connectivity index is 1.52. The average molecular weight is 357 g/mol. The Hall–Kier alpha value is -2.56. The van der Waals surface area contributed by atoms with E-state index < -0.39 is 0 Å². The molecule has 1 heterocycles. The number of carbonyl (C=O) groups excluding carboxylic acids is 1. The van der Waals surface area contributed by atoms with Crippen LogP contribution in [0.25, 0.3) is 0 Å². The summed E-state index contributed by atoms with van der Waals surface area (Å²) < 4.78 is 24.4. The molecule has 0 aliphatic carbocycles. The highest BCUT2D eigenvalue weighted by Crippen LogP contribution is 2.21. The summed E-state index contributed by atoms with van der Waals surface area (Å²) in [5, 5.41) is 0. The molecule has 3 rings (SSSR count). The molecule has 5 heteroatoms. The van der Waals surface area contributed by atoms with E-state index in [1.54, 1.807) is 25.3 Å². The van der Waals surface area contributed by atoms with E-state index in [2.05, 4.69) is 0 Å². The first-order chi connectivity index (χ1) is 12.7. The number of ether oxygens (including phenoxy) is 2. The second-order valence-electron chi connectivity index (χ2n) is 6.61. The predicted octanol–water partition coefficient (Wildman–Crippen LogP) is 3.69. The van der Waals surface area contributed by atoms with Gasteiger partial charge in [0.2, 0.25) is 5.91 Å². The van der Waals surface area contributed by atoms with Gasteiger partial charge in [-0.3, -0.25) is 4.79 Å². The van der Waals surface area contributed by atoms with E-state index in [9.17, 15) is 9.18 Å². The van der Waals surface area contributed by atoms with Crippen molar-refractivity contribution in [3.63, 3.8) is 0 Å². The molecule has 1 atom stereocenters. The molecule has 26 heavy (non-hydrogen) atoms. The molecule has 1 amide bonds. The van der Waals surface area contributed by atoms with E-state index in [0.717, 1.165) is 30.7 Å². The highest BCUT2D eigenvalue weighted by molar-refractivity contribution is 5.78. The number of rotatable bonds is 6. The van der Waals surface area contributed by atoms with Crippen molar-refractivity contribution in [3.8, 4) is 11.5 Å². The molecule has 1 fully saturated rings. The van der Waals surface area contributed by atoms with E-state index in [0.29, 0.717) is 19.6 Å². The monoisotopic (exact) mass is 357 g/mol. The lowest BCUT2D eigenvalue weighted by Gasteiger charge is -2.32. The van der Waals surface area contributed by atoms with Gasteiger partial charge in [0, 0.05) is 19.0 Å². The van der Waals surface area contributed by atoms with Gasteiger partial charge in [0.1, 0.15) is 5.75 Å². The molecule has 0 spiro atoms. The first kappa shape index (κ1) is 18.2. The van der Waals surface area contributed by atoms with Gasteiger partial charge >= 0.3 is 0 Å². The van der Waals surface area contributed by atoms with Crippen molar-refractivity contribution < 1.29 is 18.7 Å². The molecule has 1 unspecified atom stereocenters. The van der Waals surface area contributed by atoms with Crippen LogP contribution in [0.15, 0.2) is 48.5 Å². The summed E-state index contributed by atoms with van der Waals surface area (Å²) in [6, 6.07) is 14.0. The number of hydrogen-bond acceptors (Lipinski definition) is 3. The fourth-order valence-electron chi connectivity index (χ4n) is 3.23. The lowest BCUT2D eigenvalue weighted by Crippen LogP contribution is -2.42. The molecule has 138 valence electrons. The van der Waals surface area contributed by atoms with Crippen LogP contribution >= 0.6 is 0 Å². The van der Waals surface area contributed by atoms with Gasteiger partial charge in [-0.15, -0.1) is 0 Å². The molecule has 4 nitrogen and oxygen atoms in total. The third kappa shape index (κ3) is 4.75. The Labute approximate surface area is 153 Å². The maximum absolute atomic E-state index is 13.6. The van der Waals surface area contributed by atoms with Gasteiger partial charge in [-0.25, -0.2) is 4.39 Å². The summed E-state index contributed by atoms with van der Waals surface area (Å²) in [7, 11) is 1.62. The van der Waals surface area contributed by atoms with E-state index in [4.69, 9.17) is 9.47 Å². The molecule has 2 aromatic carbocycles. The number of benzene rings is 2. The number of amides is 1. The molecule has 0 aromatic heterocycles. The van der Waals surface area contributed by atoms with E-state index in [-0.39, 0.29) is 23.4 Å². The molecule has 1 saturated heterocycles. The third-order valence-corrected chi connectivity index (χ3v) is 4.70. The second-order valence-corrected chi connectivity index (χ2v) is 6.61. The van der Waals surface area contributed by atoms with Crippen molar-refractivity contribution in [1.29, 1.82) is 0 Å². The van der Waals surface area contributed by atoms with Gasteiger partial charge in [0.25, 0.3) is 0 Å². The minimum atomic E-state index is -0.351. The maximum atomic E-state index is 13.6. The van der Waals surface area contributed by atoms with Crippen molar-refractivity contribution in [1.82, 2.24) is 4.90 Å². The highest BCUT2D eigenvalue weighted by Gasteiger charge is 2.24. The van der Waals surface area contributed by atoms with Crippen molar-refractivity contribution in [2.45, 2.75) is 19.3 Å². The van der Waals surface area contributed by atoms with Crippen molar-refractivity contribution in [2.75, 3.05) is 26.8 Å². The molecule has 0 radical (unpaired) electrons. The number of carbonyl (C=O) groups is 1. The van der Waals surface area contributed by atoms with Gasteiger partial charge in [0.05, 0.1) is 20.1 Å². The summed E-state index contributed by atoms with van der Waals surface area (Å²) >= 11 is 0. The van der Waals surface area contributed by atoms with E-state index in [1.165, 1.54) is 6.07 Å². The first-order valence-corrected chi connectivity index (χ1v) is 8.93. The van der Waals surface area contributed by atoms with Crippen molar-refractivity contribution in [2.24, 2.45) is 5.92 Å². The number of piperidine rings is 1. The zero-order valence-corrected chi connectivity index (χ0v) is 15.0. The van der Waals surface area contributed by atoms with Crippen LogP contribution in [0, 0.1) is 11.7 Å². The molecular weight excluding hydrogens is 333 g/mol. The van der Waals surface area contributed by atoms with Gasteiger partial charge < -0.3 is 14.4 Å². The molecule has 0 saturated carbocycles. The average Bonchev–Trinajstić information content (AvgIpc) is 2.68. The van der Waals surface area contributed by atoms with Gasteiger partial charge in [-0.1, -0.05) is 24.3 Å². The fraction of sp³-hybridized carbons (Fsp3) is 0.381. The van der Waals surface area contributed by atoms with Crippen LogP contribution in [-0.2, 0) is 11.2 Å². The zero-order chi connectivity index (χ0) is 18.4. The SMILES string of the molecule is COc1ccc(CC(=O)N2CCCC(COc3ccccc3F)C2)cc1. The van der Waals surface area contributed by atoms with Crippen LogP contribution in [0.2, 0.25) is 0 Å². The van der Waals surface area contributed by atoms with Crippen molar-refractivity contribution in [3.05, 3.63) is 59.9 Å². The topological polar surface area (TPSA) is 38.8 Å². The summed E-state index contributed by atoms with van der Waals surface area (Å²) in [5.74, 6) is 1.04. The molecule has 1 aliphatic rings. The van der Waals surface area contributed by atoms with Gasteiger partial charge in [-0.05, 0) is 42.7 Å². The number of nitrogens with zero attached hydrogens (tertiary/aromatic N) is 1. The third-order valence-electron chi connectivity index (χ3n) is 4.70. The summed E-state index contributed by atoms with van der Waals surface area (Å²) in [5.41, 5.74) is 0.973. The Kier molecular flexibility index (Phi) is 6.10. The number of halogens is 1. The summed E-state index contributed by atoms with van der Waals surface area (Å²) in [6.45, 7) is 1.85. The number of methoxy groups -OCH3 is 1. The highest BCUT2D eigenvalue weighted by atomic mass is 19.1. The van der Waals surface area contributed by atoms with Crippen LogP contribution in [0.1, 0.15) is 18.4 Å². The standard InChI is InChI=1S/C21H24FNO3/c1-25-18-10-8-16(9-11-18)13-21(24)23-12-4-5-17(14-23)15-26-20-7-3-2-6-19(20)22/h2-3,6-11,17H,4-5,12-15H2,1H3. The van der Waals surface area contributed by atoms with Crippen LogP contribution < -0.4 is 9.47 Å². The molecule has 1 aliphatic heterocycles. The number of hydrogen-bond donors (Lipinski definition) is 0.